The monoisotopic (exact) mass is 237 g/mol. The Bertz CT molecular complexity index is 238. The molecule has 1 rings (SSSR count). The zero-order valence-electron chi connectivity index (χ0n) is 6.57. The van der Waals surface area contributed by atoms with Crippen LogP contribution in [0, 0.1) is 6.92 Å². The minimum atomic E-state index is 0. The fourth-order valence-electron chi connectivity index (χ4n) is 0.688. The molecule has 0 aliphatic carbocycles. The first-order valence-electron chi connectivity index (χ1n) is 2.94. The molecule has 4 heteroatoms. The Balaban J connectivity index is 0. The SMILES string of the molecule is [Br-].[CH2-]/C(=N\O)c1ccccc1.[Mg+2]. The second-order valence-corrected chi connectivity index (χ2v) is 1.91. The van der Waals surface area contributed by atoms with Gasteiger partial charge in [-0.1, -0.05) is 23.9 Å². The van der Waals surface area contributed by atoms with Crippen LogP contribution in [0.3, 0.4) is 0 Å². The van der Waals surface area contributed by atoms with Crippen LogP contribution in [0.2, 0.25) is 0 Å². The molecule has 0 unspecified atom stereocenters. The zero-order valence-corrected chi connectivity index (χ0v) is 9.57. The molecular formula is C8H8BrMgNO. The van der Waals surface area contributed by atoms with Crippen molar-refractivity contribution in [1.82, 2.24) is 0 Å². The molecule has 0 bridgehead atoms. The summed E-state index contributed by atoms with van der Waals surface area (Å²) in [5.41, 5.74) is 1.23. The number of benzene rings is 1. The number of hydrogen-bond acceptors (Lipinski definition) is 2. The van der Waals surface area contributed by atoms with Gasteiger partial charge in [0.05, 0.1) is 0 Å². The molecule has 0 radical (unpaired) electrons. The van der Waals surface area contributed by atoms with Crippen molar-refractivity contribution >= 4 is 28.8 Å². The van der Waals surface area contributed by atoms with Crippen LogP contribution in [-0.4, -0.2) is 34.0 Å². The molecule has 0 aliphatic heterocycles. The number of halogens is 1. The molecule has 2 nitrogen and oxygen atoms in total. The van der Waals surface area contributed by atoms with Gasteiger partial charge >= 0.3 is 23.1 Å². The van der Waals surface area contributed by atoms with Gasteiger partial charge in [-0.2, -0.15) is 0 Å². The first kappa shape index (κ1) is 14.3. The van der Waals surface area contributed by atoms with E-state index in [-0.39, 0.29) is 40.0 Å². The molecule has 0 amide bonds. The summed E-state index contributed by atoms with van der Waals surface area (Å²) in [7, 11) is 0. The van der Waals surface area contributed by atoms with Gasteiger partial charge in [-0.25, -0.2) is 6.92 Å². The predicted octanol–water partition coefficient (Wildman–Crippen LogP) is -1.68. The van der Waals surface area contributed by atoms with Crippen molar-refractivity contribution in [1.29, 1.82) is 0 Å². The number of hydrogen-bond donors (Lipinski definition) is 1. The Morgan fingerprint density at radius 1 is 1.25 bits per heavy atom. The number of nitrogens with zero attached hydrogens (tertiary/aromatic N) is 1. The first-order chi connectivity index (χ1) is 4.84. The van der Waals surface area contributed by atoms with Crippen LogP contribution in [0.25, 0.3) is 0 Å². The second-order valence-electron chi connectivity index (χ2n) is 1.91. The summed E-state index contributed by atoms with van der Waals surface area (Å²) in [6.07, 6.45) is 0. The smallest absolute Gasteiger partial charge is 1.00 e. The van der Waals surface area contributed by atoms with E-state index in [1.807, 2.05) is 30.3 Å². The van der Waals surface area contributed by atoms with Gasteiger partial charge in [0.25, 0.3) is 0 Å². The maximum Gasteiger partial charge on any atom is 2.00 e. The fourth-order valence-corrected chi connectivity index (χ4v) is 0.688. The summed E-state index contributed by atoms with van der Waals surface area (Å²) in [6.45, 7) is 3.53. The summed E-state index contributed by atoms with van der Waals surface area (Å²) in [5.74, 6) is 0. The van der Waals surface area contributed by atoms with Crippen LogP contribution >= 0.6 is 0 Å². The topological polar surface area (TPSA) is 32.6 Å². The molecule has 1 N–H and O–H groups in total. The number of rotatable bonds is 1. The fraction of sp³-hybridized carbons (Fsp3) is 0. The van der Waals surface area contributed by atoms with Crippen LogP contribution in [-0.2, 0) is 0 Å². The minimum Gasteiger partial charge on any atom is -1.00 e. The van der Waals surface area contributed by atoms with Crippen LogP contribution in [0.4, 0.5) is 0 Å². The van der Waals surface area contributed by atoms with Crippen molar-refractivity contribution in [3.05, 3.63) is 42.8 Å². The van der Waals surface area contributed by atoms with Crippen LogP contribution in [0.1, 0.15) is 5.56 Å². The van der Waals surface area contributed by atoms with E-state index in [4.69, 9.17) is 5.21 Å². The molecule has 12 heavy (non-hydrogen) atoms. The molecule has 0 saturated heterocycles. The minimum absolute atomic E-state index is 0. The van der Waals surface area contributed by atoms with E-state index in [9.17, 15) is 0 Å². The Morgan fingerprint density at radius 2 is 1.75 bits per heavy atom. The molecule has 0 aromatic heterocycles. The second kappa shape index (κ2) is 7.46. The third kappa shape index (κ3) is 3.99. The van der Waals surface area contributed by atoms with E-state index < -0.39 is 0 Å². The molecular weight excluding hydrogens is 230 g/mol. The van der Waals surface area contributed by atoms with Crippen molar-refractivity contribution in [2.75, 3.05) is 0 Å². The maximum absolute atomic E-state index is 8.31. The van der Waals surface area contributed by atoms with Gasteiger partial charge in [0.15, 0.2) is 0 Å². The van der Waals surface area contributed by atoms with E-state index in [0.717, 1.165) is 5.56 Å². The summed E-state index contributed by atoms with van der Waals surface area (Å²) in [4.78, 5) is 0. The third-order valence-electron chi connectivity index (χ3n) is 1.23. The standard InChI is InChI=1S/C8H8NO.BrH.Mg/c1-7(9-10)8-5-3-2-4-6-8;;/h2-6,10H,1H2;1H;/q-1;;+2/p-1/b9-7+;;. The predicted molar refractivity (Wildman–Crippen MR) is 45.9 cm³/mol. The van der Waals surface area contributed by atoms with Gasteiger partial charge in [0.2, 0.25) is 0 Å². The van der Waals surface area contributed by atoms with Crippen molar-refractivity contribution in [3.63, 3.8) is 0 Å². The van der Waals surface area contributed by atoms with Gasteiger partial charge in [-0.3, -0.25) is 0 Å². The van der Waals surface area contributed by atoms with Crippen molar-refractivity contribution in [2.24, 2.45) is 5.16 Å². The molecule has 0 spiro atoms. The first-order valence-corrected chi connectivity index (χ1v) is 2.94. The molecule has 0 heterocycles. The van der Waals surface area contributed by atoms with E-state index in [1.54, 1.807) is 0 Å². The van der Waals surface area contributed by atoms with Gasteiger partial charge in [0.1, 0.15) is 0 Å². The van der Waals surface area contributed by atoms with Crippen molar-refractivity contribution in [3.8, 4) is 0 Å². The largest absolute Gasteiger partial charge is 2.00 e. The molecule has 0 saturated carbocycles. The van der Waals surface area contributed by atoms with Crippen molar-refractivity contribution < 1.29 is 22.2 Å². The Morgan fingerprint density at radius 3 is 2.17 bits per heavy atom. The average Bonchev–Trinajstić information content (AvgIpc) is 2.05. The maximum atomic E-state index is 8.31. The van der Waals surface area contributed by atoms with Gasteiger partial charge in [0, 0.05) is 0 Å². The molecule has 60 valence electrons. The van der Waals surface area contributed by atoms with Crippen LogP contribution in [0.5, 0.6) is 0 Å². The zero-order chi connectivity index (χ0) is 7.40. The van der Waals surface area contributed by atoms with Gasteiger partial charge in [-0.15, -0.1) is 22.9 Å². The molecule has 1 aromatic carbocycles. The van der Waals surface area contributed by atoms with Crippen molar-refractivity contribution in [2.45, 2.75) is 0 Å². The van der Waals surface area contributed by atoms with Crippen LogP contribution < -0.4 is 17.0 Å². The Hall–Kier alpha value is -0.194. The Kier molecular flexibility index (Phi) is 8.91. The van der Waals surface area contributed by atoms with Gasteiger partial charge in [-0.05, 0) is 0 Å². The molecule has 0 fully saturated rings. The molecule has 0 aliphatic rings. The van der Waals surface area contributed by atoms with E-state index in [0.29, 0.717) is 5.71 Å². The average molecular weight is 238 g/mol. The third-order valence-corrected chi connectivity index (χ3v) is 1.23. The van der Waals surface area contributed by atoms with E-state index in [1.165, 1.54) is 0 Å². The van der Waals surface area contributed by atoms with Gasteiger partial charge < -0.3 is 22.2 Å². The quantitative estimate of drug-likeness (QED) is 0.205. The summed E-state index contributed by atoms with van der Waals surface area (Å²) in [6, 6.07) is 9.30. The summed E-state index contributed by atoms with van der Waals surface area (Å²) in [5, 5.41) is 11.3. The molecule has 0 atom stereocenters. The van der Waals surface area contributed by atoms with E-state index in [2.05, 4.69) is 12.1 Å². The Labute approximate surface area is 98.6 Å². The summed E-state index contributed by atoms with van der Waals surface area (Å²) >= 11 is 0. The molecule has 1 aromatic rings. The normalized spacial score (nSPS) is 9.50. The van der Waals surface area contributed by atoms with Crippen LogP contribution in [0.15, 0.2) is 35.5 Å². The van der Waals surface area contributed by atoms with E-state index >= 15 is 0 Å². The number of oxime groups is 1. The summed E-state index contributed by atoms with van der Waals surface area (Å²) < 4.78 is 0.